The van der Waals surface area contributed by atoms with Crippen molar-refractivity contribution in [2.75, 3.05) is 7.11 Å². The van der Waals surface area contributed by atoms with Gasteiger partial charge in [0, 0.05) is 22.7 Å². The van der Waals surface area contributed by atoms with Gasteiger partial charge in [-0.25, -0.2) is 4.98 Å². The third-order valence-corrected chi connectivity index (χ3v) is 7.69. The molecule has 0 saturated heterocycles. The molecule has 5 heteroatoms. The first-order chi connectivity index (χ1) is 21.6. The Hall–Kier alpha value is -5.99. The van der Waals surface area contributed by atoms with Gasteiger partial charge in [0.1, 0.15) is 11.6 Å². The molecule has 0 N–H and O–H groups in total. The van der Waals surface area contributed by atoms with Gasteiger partial charge in [-0.1, -0.05) is 54.3 Å². The lowest BCUT2D eigenvalue weighted by Gasteiger charge is -2.14. The zero-order valence-corrected chi connectivity index (χ0v) is 24.3. The molecule has 210 valence electrons. The number of ether oxygens (including phenoxy) is 1. The van der Waals surface area contributed by atoms with Crippen LogP contribution in [-0.4, -0.2) is 21.6 Å². The Bertz CT molecular complexity index is 2370. The Labute approximate surface area is 254 Å². The van der Waals surface area contributed by atoms with Gasteiger partial charge in [-0.15, -0.1) is 0 Å². The molecule has 44 heavy (non-hydrogen) atoms. The van der Waals surface area contributed by atoms with Gasteiger partial charge in [0.25, 0.3) is 5.56 Å². The van der Waals surface area contributed by atoms with Gasteiger partial charge in [0.15, 0.2) is 0 Å². The lowest BCUT2D eigenvalue weighted by atomic mass is 10.1. The number of aromatic nitrogens is 3. The quantitative estimate of drug-likeness (QED) is 0.202. The highest BCUT2D eigenvalue weighted by Crippen LogP contribution is 2.23. The van der Waals surface area contributed by atoms with Crippen molar-refractivity contribution >= 4 is 44.7 Å². The van der Waals surface area contributed by atoms with Crippen LogP contribution in [0.3, 0.4) is 0 Å². The molecule has 0 amide bonds. The molecule has 5 nitrogen and oxygen atoms in total. The zero-order valence-electron chi connectivity index (χ0n) is 24.3. The summed E-state index contributed by atoms with van der Waals surface area (Å²) in [6.45, 7) is 2.00. The minimum Gasteiger partial charge on any atom is -0.497 e. The SMILES string of the molecule is COc1ccc2cc(C#Cc3ccc(-n4c(C=Cc5ccc6ncccc6c5)nc5ccccc5c4=O)c(C)c3)ccc2c1. The first kappa shape index (κ1) is 26.9. The third kappa shape index (κ3) is 5.21. The van der Waals surface area contributed by atoms with Crippen molar-refractivity contribution in [3.63, 3.8) is 0 Å². The maximum Gasteiger partial charge on any atom is 0.266 e. The first-order valence-electron chi connectivity index (χ1n) is 14.3. The number of hydrogen-bond donors (Lipinski definition) is 0. The molecule has 0 radical (unpaired) electrons. The Morgan fingerprint density at radius 2 is 1.52 bits per heavy atom. The number of hydrogen-bond acceptors (Lipinski definition) is 4. The van der Waals surface area contributed by atoms with Crippen molar-refractivity contribution in [2.24, 2.45) is 0 Å². The summed E-state index contributed by atoms with van der Waals surface area (Å²) in [6, 6.07) is 35.6. The van der Waals surface area contributed by atoms with Gasteiger partial charge in [-0.05, 0) is 108 Å². The fourth-order valence-corrected chi connectivity index (χ4v) is 5.42. The summed E-state index contributed by atoms with van der Waals surface area (Å²) in [5, 5.41) is 3.83. The third-order valence-electron chi connectivity index (χ3n) is 7.69. The molecule has 7 aromatic rings. The van der Waals surface area contributed by atoms with E-state index >= 15 is 0 Å². The van der Waals surface area contributed by atoms with E-state index in [1.165, 1.54) is 0 Å². The number of aryl methyl sites for hydroxylation is 1. The molecule has 0 spiro atoms. The van der Waals surface area contributed by atoms with Crippen molar-refractivity contribution in [3.05, 3.63) is 154 Å². The van der Waals surface area contributed by atoms with Crippen LogP contribution in [0.4, 0.5) is 0 Å². The Balaban J connectivity index is 1.26. The molecular weight excluding hydrogens is 542 g/mol. The van der Waals surface area contributed by atoms with Crippen LogP contribution in [0.15, 0.2) is 120 Å². The molecule has 0 atom stereocenters. The summed E-state index contributed by atoms with van der Waals surface area (Å²) in [5.41, 5.74) is 5.95. The van der Waals surface area contributed by atoms with Crippen LogP contribution in [0.1, 0.15) is 28.1 Å². The maximum atomic E-state index is 13.9. The predicted octanol–water partition coefficient (Wildman–Crippen LogP) is 7.97. The summed E-state index contributed by atoms with van der Waals surface area (Å²) in [6.07, 6.45) is 5.66. The number of para-hydroxylation sites is 1. The fraction of sp³-hybridized carbons (Fsp3) is 0.0513. The average Bonchev–Trinajstić information content (AvgIpc) is 3.06. The lowest BCUT2D eigenvalue weighted by Crippen LogP contribution is -2.23. The highest BCUT2D eigenvalue weighted by atomic mass is 16.5. The molecule has 0 unspecified atom stereocenters. The lowest BCUT2D eigenvalue weighted by molar-refractivity contribution is 0.415. The van der Waals surface area contributed by atoms with Crippen LogP contribution < -0.4 is 10.3 Å². The number of fused-ring (bicyclic) bond motifs is 3. The van der Waals surface area contributed by atoms with E-state index in [9.17, 15) is 4.79 Å². The Morgan fingerprint density at radius 3 is 2.39 bits per heavy atom. The summed E-state index contributed by atoms with van der Waals surface area (Å²) in [5.74, 6) is 7.96. The van der Waals surface area contributed by atoms with E-state index in [4.69, 9.17) is 9.72 Å². The summed E-state index contributed by atoms with van der Waals surface area (Å²) in [4.78, 5) is 23.2. The second-order valence-corrected chi connectivity index (χ2v) is 10.6. The van der Waals surface area contributed by atoms with Crippen molar-refractivity contribution in [3.8, 4) is 23.3 Å². The van der Waals surface area contributed by atoms with E-state index < -0.39 is 0 Å². The van der Waals surface area contributed by atoms with Crippen molar-refractivity contribution in [1.82, 2.24) is 14.5 Å². The molecule has 0 aliphatic carbocycles. The highest BCUT2D eigenvalue weighted by molar-refractivity contribution is 5.86. The van der Waals surface area contributed by atoms with Crippen molar-refractivity contribution in [1.29, 1.82) is 0 Å². The van der Waals surface area contributed by atoms with Crippen LogP contribution in [0.25, 0.3) is 50.4 Å². The van der Waals surface area contributed by atoms with Gasteiger partial charge in [-0.3, -0.25) is 14.3 Å². The van der Waals surface area contributed by atoms with E-state index in [0.717, 1.165) is 55.4 Å². The zero-order chi connectivity index (χ0) is 30.0. The van der Waals surface area contributed by atoms with Crippen molar-refractivity contribution in [2.45, 2.75) is 6.92 Å². The smallest absolute Gasteiger partial charge is 0.266 e. The molecule has 2 heterocycles. The number of nitrogens with zero attached hydrogens (tertiary/aromatic N) is 3. The van der Waals surface area contributed by atoms with Gasteiger partial charge in [-0.2, -0.15) is 0 Å². The summed E-state index contributed by atoms with van der Waals surface area (Å²) in [7, 11) is 1.67. The van der Waals surface area contributed by atoms with Gasteiger partial charge < -0.3 is 4.74 Å². The molecule has 2 aromatic heterocycles. The number of benzene rings is 5. The molecule has 0 aliphatic rings. The normalized spacial score (nSPS) is 11.2. The predicted molar refractivity (Wildman–Crippen MR) is 179 cm³/mol. The van der Waals surface area contributed by atoms with Gasteiger partial charge in [0.2, 0.25) is 0 Å². The molecule has 7 rings (SSSR count). The molecule has 0 bridgehead atoms. The fourth-order valence-electron chi connectivity index (χ4n) is 5.42. The molecule has 0 saturated carbocycles. The summed E-state index contributed by atoms with van der Waals surface area (Å²) >= 11 is 0. The average molecular weight is 570 g/mol. The Morgan fingerprint density at radius 1 is 0.727 bits per heavy atom. The molecule has 5 aromatic carbocycles. The standard InChI is InChI=1S/C39H27N3O2/c1-26-22-27(9-10-28-11-15-31-25-33(44-2)17-16-30(31)23-28)13-19-37(26)42-38(41-36-8-4-3-7-34(36)39(42)43)20-14-29-12-18-35-32(24-29)6-5-21-40-35/h3-8,11-25H,1-2H3. The van der Waals surface area contributed by atoms with Gasteiger partial charge in [0.05, 0.1) is 29.2 Å². The molecular formula is C39H27N3O2. The second kappa shape index (κ2) is 11.4. The largest absolute Gasteiger partial charge is 0.497 e. The van der Waals surface area contributed by atoms with E-state index in [2.05, 4.69) is 35.0 Å². The maximum absolute atomic E-state index is 13.9. The van der Waals surface area contributed by atoms with E-state index in [0.29, 0.717) is 16.7 Å². The second-order valence-electron chi connectivity index (χ2n) is 10.6. The highest BCUT2D eigenvalue weighted by Gasteiger charge is 2.13. The Kier molecular flexibility index (Phi) is 6.94. The monoisotopic (exact) mass is 569 g/mol. The van der Waals surface area contributed by atoms with Crippen LogP contribution in [-0.2, 0) is 0 Å². The number of pyridine rings is 1. The topological polar surface area (TPSA) is 57.0 Å². The minimum atomic E-state index is -0.118. The molecule has 0 aliphatic heterocycles. The number of rotatable bonds is 4. The van der Waals surface area contributed by atoms with Crippen LogP contribution in [0.5, 0.6) is 5.75 Å². The van der Waals surface area contributed by atoms with E-state index in [-0.39, 0.29) is 5.56 Å². The van der Waals surface area contributed by atoms with Crippen LogP contribution in [0, 0.1) is 18.8 Å². The van der Waals surface area contributed by atoms with Gasteiger partial charge >= 0.3 is 0 Å². The first-order valence-corrected chi connectivity index (χ1v) is 14.3. The van der Waals surface area contributed by atoms with Crippen LogP contribution >= 0.6 is 0 Å². The number of methoxy groups -OCH3 is 1. The van der Waals surface area contributed by atoms with Crippen LogP contribution in [0.2, 0.25) is 0 Å². The summed E-state index contributed by atoms with van der Waals surface area (Å²) < 4.78 is 7.02. The van der Waals surface area contributed by atoms with E-state index in [1.807, 2.05) is 110 Å². The molecule has 0 fully saturated rings. The van der Waals surface area contributed by atoms with E-state index in [1.54, 1.807) is 17.9 Å². The van der Waals surface area contributed by atoms with Crippen molar-refractivity contribution < 1.29 is 4.74 Å². The minimum absolute atomic E-state index is 0.118.